The Bertz CT molecular complexity index is 688. The third kappa shape index (κ3) is 1.80. The molecule has 1 saturated carbocycles. The summed E-state index contributed by atoms with van der Waals surface area (Å²) in [4.78, 5) is 7.05. The van der Waals surface area contributed by atoms with Crippen LogP contribution in [0.5, 0.6) is 0 Å². The topological polar surface area (TPSA) is 95.1 Å². The number of H-pyrrole nitrogens is 1. The molecule has 18 heavy (non-hydrogen) atoms. The lowest BCUT2D eigenvalue weighted by atomic mass is 10.3. The summed E-state index contributed by atoms with van der Waals surface area (Å²) in [6, 6.07) is 3.39. The molecule has 2 aromatic heterocycles. The van der Waals surface area contributed by atoms with E-state index in [0.717, 1.165) is 0 Å². The second-order valence-corrected chi connectivity index (χ2v) is 6.25. The van der Waals surface area contributed by atoms with Gasteiger partial charge in [0, 0.05) is 17.8 Å². The fourth-order valence-corrected chi connectivity index (χ4v) is 3.55. The Kier molecular flexibility index (Phi) is 2.44. The first-order valence-electron chi connectivity index (χ1n) is 5.63. The predicted molar refractivity (Wildman–Crippen MR) is 65.5 cm³/mol. The number of pyridine rings is 1. The normalized spacial score (nSPS) is 18.1. The van der Waals surface area contributed by atoms with E-state index in [2.05, 4.69) is 14.7 Å². The van der Waals surface area contributed by atoms with E-state index >= 15 is 0 Å². The molecule has 0 aliphatic heterocycles. The molecule has 0 unspecified atom stereocenters. The molecule has 0 bridgehead atoms. The molecule has 7 heteroatoms. The molecular weight excluding hydrogens is 254 g/mol. The maximum atomic E-state index is 12.3. The summed E-state index contributed by atoms with van der Waals surface area (Å²) in [6.45, 7) is -0.174. The van der Waals surface area contributed by atoms with Crippen LogP contribution in [0.3, 0.4) is 0 Å². The van der Waals surface area contributed by atoms with Crippen molar-refractivity contribution in [1.82, 2.24) is 14.7 Å². The van der Waals surface area contributed by atoms with E-state index in [1.54, 1.807) is 18.3 Å². The second kappa shape index (κ2) is 3.78. The third-order valence-electron chi connectivity index (χ3n) is 3.21. The number of hydrogen-bond donors (Lipinski definition) is 3. The van der Waals surface area contributed by atoms with Gasteiger partial charge in [-0.3, -0.25) is 0 Å². The SMILES string of the molecule is O=S(=O)(NC1(CO)CC1)c1c[nH]c2ncccc12. The van der Waals surface area contributed by atoms with Crippen LogP contribution in [0, 0.1) is 0 Å². The molecule has 3 rings (SSSR count). The molecular formula is C11H13N3O3S. The van der Waals surface area contributed by atoms with Crippen LogP contribution in [-0.2, 0) is 10.0 Å². The molecule has 2 heterocycles. The average molecular weight is 267 g/mol. The van der Waals surface area contributed by atoms with Crippen LogP contribution in [-0.4, -0.2) is 35.6 Å². The molecule has 0 spiro atoms. The summed E-state index contributed by atoms with van der Waals surface area (Å²) < 4.78 is 27.1. The minimum Gasteiger partial charge on any atom is -0.394 e. The first-order chi connectivity index (χ1) is 8.56. The quantitative estimate of drug-likeness (QED) is 0.745. The van der Waals surface area contributed by atoms with E-state index < -0.39 is 15.6 Å². The molecule has 0 aromatic carbocycles. The van der Waals surface area contributed by atoms with Crippen LogP contribution in [0.25, 0.3) is 11.0 Å². The summed E-state index contributed by atoms with van der Waals surface area (Å²) in [5.41, 5.74) is -0.128. The Morgan fingerprint density at radius 3 is 2.94 bits per heavy atom. The molecule has 1 fully saturated rings. The summed E-state index contributed by atoms with van der Waals surface area (Å²) in [5.74, 6) is 0. The van der Waals surface area contributed by atoms with Gasteiger partial charge in [-0.25, -0.2) is 18.1 Å². The van der Waals surface area contributed by atoms with Gasteiger partial charge in [-0.15, -0.1) is 0 Å². The van der Waals surface area contributed by atoms with E-state index in [4.69, 9.17) is 0 Å². The van der Waals surface area contributed by atoms with Gasteiger partial charge < -0.3 is 10.1 Å². The van der Waals surface area contributed by atoms with Crippen LogP contribution in [0.1, 0.15) is 12.8 Å². The van der Waals surface area contributed by atoms with E-state index in [0.29, 0.717) is 23.9 Å². The number of aromatic nitrogens is 2. The number of fused-ring (bicyclic) bond motifs is 1. The van der Waals surface area contributed by atoms with Crippen LogP contribution >= 0.6 is 0 Å². The van der Waals surface area contributed by atoms with Crippen molar-refractivity contribution in [1.29, 1.82) is 0 Å². The number of aliphatic hydroxyl groups excluding tert-OH is 1. The Hall–Kier alpha value is -1.44. The summed E-state index contributed by atoms with van der Waals surface area (Å²) in [6.07, 6.45) is 4.36. The predicted octanol–water partition coefficient (Wildman–Crippen LogP) is 0.366. The lowest BCUT2D eigenvalue weighted by Crippen LogP contribution is -2.39. The monoisotopic (exact) mass is 267 g/mol. The van der Waals surface area contributed by atoms with Crippen molar-refractivity contribution in [3.05, 3.63) is 24.5 Å². The summed E-state index contributed by atoms with van der Waals surface area (Å²) in [7, 11) is -3.63. The van der Waals surface area contributed by atoms with E-state index in [-0.39, 0.29) is 11.5 Å². The van der Waals surface area contributed by atoms with Gasteiger partial charge in [0.25, 0.3) is 0 Å². The van der Waals surface area contributed by atoms with E-state index in [1.165, 1.54) is 6.20 Å². The van der Waals surface area contributed by atoms with Gasteiger partial charge >= 0.3 is 0 Å². The highest BCUT2D eigenvalue weighted by Gasteiger charge is 2.45. The van der Waals surface area contributed by atoms with Gasteiger partial charge in [0.2, 0.25) is 10.0 Å². The molecule has 6 nitrogen and oxygen atoms in total. The molecule has 0 amide bonds. The van der Waals surface area contributed by atoms with Crippen molar-refractivity contribution < 1.29 is 13.5 Å². The first-order valence-corrected chi connectivity index (χ1v) is 7.12. The van der Waals surface area contributed by atoms with Crippen LogP contribution in [0.15, 0.2) is 29.4 Å². The molecule has 0 saturated heterocycles. The number of aromatic amines is 1. The van der Waals surface area contributed by atoms with E-state index in [9.17, 15) is 13.5 Å². The zero-order chi connectivity index (χ0) is 12.8. The molecule has 3 N–H and O–H groups in total. The maximum absolute atomic E-state index is 12.3. The Balaban J connectivity index is 2.03. The van der Waals surface area contributed by atoms with Crippen molar-refractivity contribution >= 4 is 21.1 Å². The largest absolute Gasteiger partial charge is 0.394 e. The smallest absolute Gasteiger partial charge is 0.243 e. The number of nitrogens with one attached hydrogen (secondary N) is 2. The molecule has 1 aliphatic carbocycles. The molecule has 1 aliphatic rings. The van der Waals surface area contributed by atoms with Gasteiger partial charge in [0.05, 0.1) is 12.1 Å². The summed E-state index contributed by atoms with van der Waals surface area (Å²) >= 11 is 0. The number of sulfonamides is 1. The van der Waals surface area contributed by atoms with Crippen molar-refractivity contribution in [2.75, 3.05) is 6.61 Å². The van der Waals surface area contributed by atoms with Crippen LogP contribution in [0.2, 0.25) is 0 Å². The van der Waals surface area contributed by atoms with Gasteiger partial charge in [-0.1, -0.05) is 0 Å². The molecule has 2 aromatic rings. The van der Waals surface area contributed by atoms with Gasteiger partial charge in [-0.2, -0.15) is 0 Å². The fourth-order valence-electron chi connectivity index (χ4n) is 1.94. The Morgan fingerprint density at radius 1 is 1.50 bits per heavy atom. The van der Waals surface area contributed by atoms with Crippen molar-refractivity contribution in [2.24, 2.45) is 0 Å². The van der Waals surface area contributed by atoms with Gasteiger partial charge in [-0.05, 0) is 25.0 Å². The Labute approximate surface area is 104 Å². The van der Waals surface area contributed by atoms with Gasteiger partial charge in [0.1, 0.15) is 10.5 Å². The number of aliphatic hydroxyl groups is 1. The maximum Gasteiger partial charge on any atom is 0.243 e. The number of hydrogen-bond acceptors (Lipinski definition) is 4. The first kappa shape index (κ1) is 11.6. The van der Waals surface area contributed by atoms with Crippen molar-refractivity contribution in [2.45, 2.75) is 23.3 Å². The minimum atomic E-state index is -3.63. The number of nitrogens with zero attached hydrogens (tertiary/aromatic N) is 1. The standard InChI is InChI=1S/C11H13N3O3S/c15-7-11(3-4-11)14-18(16,17)9-6-13-10-8(9)2-1-5-12-10/h1-2,5-6,14-15H,3-4,7H2,(H,12,13). The number of rotatable bonds is 4. The Morgan fingerprint density at radius 2 is 2.28 bits per heavy atom. The zero-order valence-electron chi connectivity index (χ0n) is 9.55. The lowest BCUT2D eigenvalue weighted by Gasteiger charge is -2.13. The zero-order valence-corrected chi connectivity index (χ0v) is 10.4. The van der Waals surface area contributed by atoms with Crippen molar-refractivity contribution in [3.63, 3.8) is 0 Å². The van der Waals surface area contributed by atoms with Crippen LogP contribution < -0.4 is 4.72 Å². The lowest BCUT2D eigenvalue weighted by molar-refractivity contribution is 0.246. The summed E-state index contributed by atoms with van der Waals surface area (Å²) in [5, 5.41) is 9.74. The molecule has 96 valence electrons. The third-order valence-corrected chi connectivity index (χ3v) is 4.83. The van der Waals surface area contributed by atoms with Crippen LogP contribution in [0.4, 0.5) is 0 Å². The highest BCUT2D eigenvalue weighted by atomic mass is 32.2. The average Bonchev–Trinajstić information content (AvgIpc) is 2.97. The minimum absolute atomic E-state index is 0.172. The highest BCUT2D eigenvalue weighted by Crippen LogP contribution is 2.36. The highest BCUT2D eigenvalue weighted by molar-refractivity contribution is 7.89. The molecule has 0 atom stereocenters. The molecule has 0 radical (unpaired) electrons. The second-order valence-electron chi connectivity index (χ2n) is 4.60. The van der Waals surface area contributed by atoms with Gasteiger partial charge in [0.15, 0.2) is 0 Å². The van der Waals surface area contributed by atoms with Crippen molar-refractivity contribution in [3.8, 4) is 0 Å². The fraction of sp³-hybridized carbons (Fsp3) is 0.364. The van der Waals surface area contributed by atoms with E-state index in [1.807, 2.05) is 0 Å².